The van der Waals surface area contributed by atoms with Crippen LogP contribution in [-0.2, 0) is 23.1 Å². The largest absolute Gasteiger partial charge is 0.481 e. The highest BCUT2D eigenvalue weighted by atomic mass is 32.2. The lowest BCUT2D eigenvalue weighted by Crippen LogP contribution is -2.34. The summed E-state index contributed by atoms with van der Waals surface area (Å²) in [6, 6.07) is 14.8. The molecule has 46 heavy (non-hydrogen) atoms. The molecule has 8 nitrogen and oxygen atoms in total. The molecule has 0 saturated heterocycles. The molecule has 0 saturated carbocycles. The minimum absolute atomic E-state index is 0.0357. The number of H-pyrrole nitrogens is 1. The molecule has 1 aliphatic heterocycles. The number of nitrogens with one attached hydrogen (secondary N) is 3. The Balaban J connectivity index is 1.57. The van der Waals surface area contributed by atoms with Crippen LogP contribution < -0.4 is 10.1 Å². The highest BCUT2D eigenvalue weighted by Crippen LogP contribution is 2.38. The van der Waals surface area contributed by atoms with Crippen LogP contribution in [0.1, 0.15) is 68.7 Å². The molecule has 4 N–H and O–H groups in total. The second-order valence-electron chi connectivity index (χ2n) is 12.9. The van der Waals surface area contributed by atoms with Crippen LogP contribution in [0.15, 0.2) is 65.9 Å². The van der Waals surface area contributed by atoms with E-state index in [1.165, 1.54) is 6.07 Å². The molecular formula is C36H42FN5O3S. The van der Waals surface area contributed by atoms with E-state index in [0.29, 0.717) is 30.7 Å². The Bertz CT molecular complexity index is 1770. The van der Waals surface area contributed by atoms with Crippen molar-refractivity contribution in [2.45, 2.75) is 64.7 Å². The fourth-order valence-corrected chi connectivity index (χ4v) is 7.23. The van der Waals surface area contributed by atoms with Gasteiger partial charge in [0.15, 0.2) is 11.6 Å². The molecule has 242 valence electrons. The van der Waals surface area contributed by atoms with Gasteiger partial charge >= 0.3 is 5.97 Å². The molecule has 4 aromatic rings. The molecule has 1 atom stereocenters. The molecule has 0 aliphatic carbocycles. The number of fused-ring (bicyclic) bond motifs is 5. The highest BCUT2D eigenvalue weighted by molar-refractivity contribution is 7.99. The fourth-order valence-electron chi connectivity index (χ4n) is 6.04. The number of thioether (sulfide) groups is 1. The summed E-state index contributed by atoms with van der Waals surface area (Å²) in [7, 11) is 1.75. The SMILES string of the molecule is CN/C1=N\C(=N)C(C)(c2cccc(CCC(=O)O)c2)CCCC(C)(C)CSCCc2c(c(F)cc3[nH]ccc23)Oc2cc1ccn2. The zero-order chi connectivity index (χ0) is 32.9. The number of halogens is 1. The number of aliphatic carboxylic acids is 1. The van der Waals surface area contributed by atoms with Crippen LogP contribution >= 0.6 is 11.8 Å². The first kappa shape index (κ1) is 33.2. The average molecular weight is 644 g/mol. The number of nitrogens with zero attached hydrogens (tertiary/aromatic N) is 2. The van der Waals surface area contributed by atoms with E-state index in [-0.39, 0.29) is 29.3 Å². The van der Waals surface area contributed by atoms with E-state index in [9.17, 15) is 15.3 Å². The molecule has 1 unspecified atom stereocenters. The Labute approximate surface area is 273 Å². The number of carboxylic acids is 1. The summed E-state index contributed by atoms with van der Waals surface area (Å²) in [6.45, 7) is 6.58. The first-order chi connectivity index (χ1) is 22.0. The van der Waals surface area contributed by atoms with Crippen LogP contribution in [0.2, 0.25) is 0 Å². The summed E-state index contributed by atoms with van der Waals surface area (Å²) in [5, 5.41) is 22.7. The maximum Gasteiger partial charge on any atom is 0.303 e. The Morgan fingerprint density at radius 1 is 1.17 bits per heavy atom. The Kier molecular flexibility index (Phi) is 10.2. The molecule has 2 aromatic heterocycles. The molecule has 2 aromatic carbocycles. The minimum atomic E-state index is -0.839. The predicted octanol–water partition coefficient (Wildman–Crippen LogP) is 7.90. The molecule has 0 amide bonds. The molecule has 0 fully saturated rings. The quantitative estimate of drug-likeness (QED) is 0.179. The van der Waals surface area contributed by atoms with Crippen LogP contribution in [0.5, 0.6) is 11.6 Å². The minimum Gasteiger partial charge on any atom is -0.481 e. The third-order valence-corrected chi connectivity index (χ3v) is 10.3. The van der Waals surface area contributed by atoms with E-state index in [4.69, 9.17) is 9.73 Å². The number of ether oxygens (including phenoxy) is 1. The van der Waals surface area contributed by atoms with Crippen LogP contribution in [0, 0.1) is 16.6 Å². The monoisotopic (exact) mass is 643 g/mol. The molecule has 5 rings (SSSR count). The highest BCUT2D eigenvalue weighted by Gasteiger charge is 2.33. The van der Waals surface area contributed by atoms with Crippen molar-refractivity contribution in [1.82, 2.24) is 15.3 Å². The predicted molar refractivity (Wildman–Crippen MR) is 184 cm³/mol. The number of carbonyl (C=O) groups is 1. The standard InChI is InChI=1S/C36H42FN5O3S/c1-35(2)14-6-15-36(3,25-8-5-7-23(19-25)9-10-31(43)44)34(38)42-33(39-4)24-11-16-41-30(20-24)45-32-27(13-18-46-22-35)26-12-17-40-29(26)21-28(32)37/h5,7-8,11-12,16-17,19-21,40H,6,9-10,13-15,18,22H2,1-4H3,(H,43,44)(H2,38,39,42). The van der Waals surface area contributed by atoms with Gasteiger partial charge in [-0.15, -0.1) is 0 Å². The van der Waals surface area contributed by atoms with Gasteiger partial charge in [-0.1, -0.05) is 44.5 Å². The van der Waals surface area contributed by atoms with Crippen molar-refractivity contribution in [2.24, 2.45) is 10.4 Å². The number of hydrogen-bond acceptors (Lipinski definition) is 6. The van der Waals surface area contributed by atoms with Crippen molar-refractivity contribution in [1.29, 1.82) is 5.41 Å². The Hall–Kier alpha value is -4.18. The first-order valence-electron chi connectivity index (χ1n) is 15.7. The van der Waals surface area contributed by atoms with Crippen molar-refractivity contribution >= 4 is 40.3 Å². The summed E-state index contributed by atoms with van der Waals surface area (Å²) < 4.78 is 21.7. The third-order valence-electron chi connectivity index (χ3n) is 8.78. The number of rotatable bonds is 4. The molecule has 0 radical (unpaired) electrons. The van der Waals surface area contributed by atoms with Gasteiger partial charge in [-0.2, -0.15) is 11.8 Å². The number of amidine groups is 2. The lowest BCUT2D eigenvalue weighted by atomic mass is 9.75. The van der Waals surface area contributed by atoms with Crippen molar-refractivity contribution in [3.8, 4) is 11.6 Å². The van der Waals surface area contributed by atoms with Gasteiger partial charge < -0.3 is 20.1 Å². The fraction of sp³-hybridized carbons (Fsp3) is 0.389. The number of aromatic nitrogens is 2. The first-order valence-corrected chi connectivity index (χ1v) is 16.8. The smallest absolute Gasteiger partial charge is 0.303 e. The van der Waals surface area contributed by atoms with Gasteiger partial charge in [-0.25, -0.2) is 14.4 Å². The number of aliphatic imine (C=N–C) groups is 1. The summed E-state index contributed by atoms with van der Waals surface area (Å²) in [4.78, 5) is 23.6. The van der Waals surface area contributed by atoms with Crippen molar-refractivity contribution in [2.75, 3.05) is 18.6 Å². The summed E-state index contributed by atoms with van der Waals surface area (Å²) in [5.41, 5.74) is 3.34. The topological polar surface area (TPSA) is 123 Å². The van der Waals surface area contributed by atoms with E-state index in [2.05, 4.69) is 29.1 Å². The second kappa shape index (κ2) is 14.1. The van der Waals surface area contributed by atoms with Crippen molar-refractivity contribution < 1.29 is 19.0 Å². The molecular weight excluding hydrogens is 601 g/mol. The maximum absolute atomic E-state index is 15.5. The van der Waals surface area contributed by atoms with E-state index < -0.39 is 17.2 Å². The summed E-state index contributed by atoms with van der Waals surface area (Å²) in [6.07, 6.45) is 7.04. The van der Waals surface area contributed by atoms with E-state index in [0.717, 1.165) is 51.9 Å². The van der Waals surface area contributed by atoms with Crippen LogP contribution in [0.4, 0.5) is 4.39 Å². The lowest BCUT2D eigenvalue weighted by molar-refractivity contribution is -0.136. The van der Waals surface area contributed by atoms with Crippen LogP contribution in [-0.4, -0.2) is 51.3 Å². The average Bonchev–Trinajstić information content (AvgIpc) is 3.49. The van der Waals surface area contributed by atoms with E-state index in [1.54, 1.807) is 25.4 Å². The van der Waals surface area contributed by atoms with Crippen LogP contribution in [0.3, 0.4) is 0 Å². The van der Waals surface area contributed by atoms with Gasteiger partial charge in [0.2, 0.25) is 5.88 Å². The normalized spacial score (nSPS) is 20.5. The molecule has 3 heterocycles. The number of aryl methyl sites for hydroxylation is 2. The molecule has 1 aliphatic rings. The number of aromatic amines is 1. The number of carboxylic acid groups (broad SMARTS) is 1. The van der Waals surface area contributed by atoms with Crippen molar-refractivity contribution in [3.05, 3.63) is 89.0 Å². The van der Waals surface area contributed by atoms with Gasteiger partial charge in [0.1, 0.15) is 11.7 Å². The maximum atomic E-state index is 15.5. The molecule has 10 heteroatoms. The van der Waals surface area contributed by atoms with Gasteiger partial charge in [0.25, 0.3) is 0 Å². The van der Waals surface area contributed by atoms with Gasteiger partial charge in [0, 0.05) is 60.0 Å². The lowest BCUT2D eigenvalue weighted by Gasteiger charge is -2.32. The van der Waals surface area contributed by atoms with Gasteiger partial charge in [-0.3, -0.25) is 10.2 Å². The third kappa shape index (κ3) is 7.61. The Morgan fingerprint density at radius 2 is 2.00 bits per heavy atom. The van der Waals surface area contributed by atoms with Gasteiger partial charge in [-0.05, 0) is 72.8 Å². The summed E-state index contributed by atoms with van der Waals surface area (Å²) >= 11 is 1.85. The second-order valence-corrected chi connectivity index (χ2v) is 14.0. The number of pyridine rings is 1. The zero-order valence-corrected chi connectivity index (χ0v) is 27.7. The molecule has 0 spiro atoms. The number of benzene rings is 2. The number of hydrogen-bond donors (Lipinski definition) is 4. The van der Waals surface area contributed by atoms with Crippen molar-refractivity contribution in [3.63, 3.8) is 0 Å². The van der Waals surface area contributed by atoms with Gasteiger partial charge in [0.05, 0.1) is 5.41 Å². The summed E-state index contributed by atoms with van der Waals surface area (Å²) in [5.74, 6) is 1.49. The van der Waals surface area contributed by atoms with E-state index in [1.807, 2.05) is 55.2 Å². The Morgan fingerprint density at radius 3 is 2.78 bits per heavy atom. The van der Waals surface area contributed by atoms with Crippen LogP contribution in [0.25, 0.3) is 10.9 Å². The zero-order valence-electron chi connectivity index (χ0n) is 26.9. The van der Waals surface area contributed by atoms with E-state index >= 15 is 4.39 Å². The molecule has 2 bridgehead atoms.